The minimum atomic E-state index is -0.686. The molecule has 0 aliphatic rings. The molecule has 1 aromatic heterocycles. The minimum absolute atomic E-state index is 0.0276. The number of hydrogen-bond acceptors (Lipinski definition) is 5. The SMILES string of the molecule is Cc1cc(O)n(CCNC(C)O)c(=O)c1C#N. The predicted octanol–water partition coefficient (Wildman–Crippen LogP) is -0.338. The summed E-state index contributed by atoms with van der Waals surface area (Å²) in [5, 5.41) is 30.2. The van der Waals surface area contributed by atoms with Gasteiger partial charge in [-0.3, -0.25) is 14.7 Å². The number of nitrogens with one attached hydrogen (secondary N) is 1. The molecule has 0 aliphatic heterocycles. The van der Waals surface area contributed by atoms with Crippen LogP contribution >= 0.6 is 0 Å². The first kappa shape index (κ1) is 13.2. The Kier molecular flexibility index (Phi) is 4.26. The molecule has 0 saturated carbocycles. The van der Waals surface area contributed by atoms with Gasteiger partial charge in [-0.05, 0) is 19.4 Å². The summed E-state index contributed by atoms with van der Waals surface area (Å²) in [5.74, 6) is -0.182. The van der Waals surface area contributed by atoms with Gasteiger partial charge in [0, 0.05) is 19.2 Å². The molecule has 0 bridgehead atoms. The van der Waals surface area contributed by atoms with Gasteiger partial charge in [-0.25, -0.2) is 0 Å². The van der Waals surface area contributed by atoms with E-state index in [4.69, 9.17) is 10.4 Å². The lowest BCUT2D eigenvalue weighted by Gasteiger charge is -2.12. The maximum Gasteiger partial charge on any atom is 0.271 e. The molecule has 1 unspecified atom stereocenters. The molecule has 17 heavy (non-hydrogen) atoms. The van der Waals surface area contributed by atoms with Gasteiger partial charge in [-0.1, -0.05) is 0 Å². The van der Waals surface area contributed by atoms with Crippen LogP contribution in [0.1, 0.15) is 18.1 Å². The van der Waals surface area contributed by atoms with E-state index in [1.54, 1.807) is 13.8 Å². The summed E-state index contributed by atoms with van der Waals surface area (Å²) in [6, 6.07) is 3.19. The highest BCUT2D eigenvalue weighted by molar-refractivity contribution is 5.37. The molecule has 0 radical (unpaired) electrons. The molecule has 1 aromatic rings. The van der Waals surface area contributed by atoms with Gasteiger partial charge in [0.15, 0.2) is 5.88 Å². The summed E-state index contributed by atoms with van der Waals surface area (Å²) in [4.78, 5) is 11.8. The van der Waals surface area contributed by atoms with E-state index in [1.165, 1.54) is 6.07 Å². The summed E-state index contributed by atoms with van der Waals surface area (Å²) in [7, 11) is 0. The normalized spacial score (nSPS) is 12.1. The lowest BCUT2D eigenvalue weighted by atomic mass is 10.1. The van der Waals surface area contributed by atoms with E-state index in [9.17, 15) is 9.90 Å². The van der Waals surface area contributed by atoms with E-state index in [0.29, 0.717) is 12.1 Å². The molecule has 1 rings (SSSR count). The van der Waals surface area contributed by atoms with E-state index < -0.39 is 11.8 Å². The van der Waals surface area contributed by atoms with Crippen LogP contribution in [0.3, 0.4) is 0 Å². The Morgan fingerprint density at radius 2 is 2.29 bits per heavy atom. The quantitative estimate of drug-likeness (QED) is 0.622. The number of aromatic hydroxyl groups is 1. The van der Waals surface area contributed by atoms with Crippen LogP contribution in [0.5, 0.6) is 5.88 Å². The Hall–Kier alpha value is -1.84. The fourth-order valence-corrected chi connectivity index (χ4v) is 1.49. The number of rotatable bonds is 4. The van der Waals surface area contributed by atoms with Crippen molar-refractivity contribution in [3.05, 3.63) is 27.5 Å². The monoisotopic (exact) mass is 237 g/mol. The largest absolute Gasteiger partial charge is 0.494 e. The summed E-state index contributed by atoms with van der Waals surface area (Å²) >= 11 is 0. The molecular formula is C11H15N3O3. The summed E-state index contributed by atoms with van der Waals surface area (Å²) < 4.78 is 1.10. The Morgan fingerprint density at radius 1 is 1.65 bits per heavy atom. The molecule has 1 heterocycles. The molecule has 0 amide bonds. The number of aryl methyl sites for hydroxylation is 1. The first-order valence-corrected chi connectivity index (χ1v) is 5.22. The Labute approximate surface area is 98.7 Å². The number of nitrogens with zero attached hydrogens (tertiary/aromatic N) is 2. The van der Waals surface area contributed by atoms with Crippen molar-refractivity contribution in [3.8, 4) is 11.9 Å². The highest BCUT2D eigenvalue weighted by Gasteiger charge is 2.11. The number of aliphatic hydroxyl groups is 1. The molecule has 0 fully saturated rings. The van der Waals surface area contributed by atoms with Crippen LogP contribution in [0.2, 0.25) is 0 Å². The van der Waals surface area contributed by atoms with E-state index in [0.717, 1.165) is 4.57 Å². The molecule has 0 aliphatic carbocycles. The van der Waals surface area contributed by atoms with Crippen molar-refractivity contribution in [1.82, 2.24) is 9.88 Å². The van der Waals surface area contributed by atoms with Crippen LogP contribution in [0.15, 0.2) is 10.9 Å². The van der Waals surface area contributed by atoms with Crippen LogP contribution in [-0.4, -0.2) is 27.6 Å². The van der Waals surface area contributed by atoms with Gasteiger partial charge in [0.1, 0.15) is 17.9 Å². The second kappa shape index (κ2) is 5.48. The Bertz CT molecular complexity index is 500. The standard InChI is InChI=1S/C11H15N3O3/c1-7-5-10(16)14(4-3-13-8(2)15)11(17)9(7)6-12/h5,8,13,15-16H,3-4H2,1-2H3. The Balaban J connectivity index is 3.01. The molecule has 0 aromatic carbocycles. The van der Waals surface area contributed by atoms with E-state index in [-0.39, 0.29) is 18.0 Å². The highest BCUT2D eigenvalue weighted by Crippen LogP contribution is 2.11. The first-order valence-electron chi connectivity index (χ1n) is 5.22. The third kappa shape index (κ3) is 3.06. The topological polar surface area (TPSA) is 98.3 Å². The van der Waals surface area contributed by atoms with E-state index in [2.05, 4.69) is 5.32 Å². The van der Waals surface area contributed by atoms with Crippen molar-refractivity contribution in [2.24, 2.45) is 0 Å². The van der Waals surface area contributed by atoms with Gasteiger partial charge < -0.3 is 10.2 Å². The van der Waals surface area contributed by atoms with Crippen molar-refractivity contribution in [2.45, 2.75) is 26.6 Å². The van der Waals surface area contributed by atoms with Gasteiger partial charge in [-0.2, -0.15) is 5.26 Å². The number of hydrogen-bond donors (Lipinski definition) is 3. The van der Waals surface area contributed by atoms with Crippen molar-refractivity contribution >= 4 is 0 Å². The molecule has 3 N–H and O–H groups in total. The second-order valence-electron chi connectivity index (χ2n) is 3.76. The number of nitriles is 1. The maximum absolute atomic E-state index is 11.8. The fraction of sp³-hybridized carbons (Fsp3) is 0.455. The first-order chi connectivity index (χ1) is 7.97. The van der Waals surface area contributed by atoms with E-state index >= 15 is 0 Å². The van der Waals surface area contributed by atoms with Gasteiger partial charge in [0.25, 0.3) is 5.56 Å². The van der Waals surface area contributed by atoms with Gasteiger partial charge in [-0.15, -0.1) is 0 Å². The van der Waals surface area contributed by atoms with Crippen molar-refractivity contribution < 1.29 is 10.2 Å². The highest BCUT2D eigenvalue weighted by atomic mass is 16.3. The number of aromatic nitrogens is 1. The van der Waals surface area contributed by atoms with Crippen LogP contribution in [0.4, 0.5) is 0 Å². The van der Waals surface area contributed by atoms with Gasteiger partial charge >= 0.3 is 0 Å². The average Bonchev–Trinajstić information content (AvgIpc) is 2.22. The number of pyridine rings is 1. The van der Waals surface area contributed by atoms with Crippen LogP contribution in [0.25, 0.3) is 0 Å². The molecule has 6 nitrogen and oxygen atoms in total. The summed E-state index contributed by atoms with van der Waals surface area (Å²) in [6.07, 6.45) is -0.686. The van der Waals surface area contributed by atoms with Crippen LogP contribution in [0, 0.1) is 18.3 Å². The lowest BCUT2D eigenvalue weighted by Crippen LogP contribution is -2.32. The van der Waals surface area contributed by atoms with Gasteiger partial charge in [0.2, 0.25) is 0 Å². The van der Waals surface area contributed by atoms with E-state index in [1.807, 2.05) is 6.07 Å². The zero-order valence-electron chi connectivity index (χ0n) is 9.77. The molecule has 92 valence electrons. The van der Waals surface area contributed by atoms with Crippen molar-refractivity contribution in [1.29, 1.82) is 5.26 Å². The lowest BCUT2D eigenvalue weighted by molar-refractivity contribution is 0.155. The molecule has 6 heteroatoms. The fourth-order valence-electron chi connectivity index (χ4n) is 1.49. The average molecular weight is 237 g/mol. The maximum atomic E-state index is 11.8. The smallest absolute Gasteiger partial charge is 0.271 e. The second-order valence-corrected chi connectivity index (χ2v) is 3.76. The van der Waals surface area contributed by atoms with Crippen LogP contribution in [-0.2, 0) is 6.54 Å². The summed E-state index contributed by atoms with van der Waals surface area (Å²) in [6.45, 7) is 3.65. The van der Waals surface area contributed by atoms with Crippen molar-refractivity contribution in [3.63, 3.8) is 0 Å². The van der Waals surface area contributed by atoms with Gasteiger partial charge in [0.05, 0.1) is 0 Å². The number of aliphatic hydroxyl groups excluding tert-OH is 1. The molecular weight excluding hydrogens is 222 g/mol. The zero-order valence-corrected chi connectivity index (χ0v) is 9.77. The third-order valence-corrected chi connectivity index (χ3v) is 2.36. The zero-order chi connectivity index (χ0) is 13.0. The molecule has 1 atom stereocenters. The Morgan fingerprint density at radius 3 is 2.82 bits per heavy atom. The minimum Gasteiger partial charge on any atom is -0.494 e. The predicted molar refractivity (Wildman–Crippen MR) is 61.5 cm³/mol. The van der Waals surface area contributed by atoms with Crippen molar-refractivity contribution in [2.75, 3.05) is 6.54 Å². The molecule has 0 saturated heterocycles. The van der Waals surface area contributed by atoms with Crippen LogP contribution < -0.4 is 10.9 Å². The molecule has 0 spiro atoms. The third-order valence-electron chi connectivity index (χ3n) is 2.36. The summed E-state index contributed by atoms with van der Waals surface area (Å²) in [5.41, 5.74) is -0.0352.